The van der Waals surface area contributed by atoms with E-state index < -0.39 is 0 Å². The Morgan fingerprint density at radius 3 is 2.53 bits per heavy atom. The zero-order chi connectivity index (χ0) is 14.3. The van der Waals surface area contributed by atoms with Crippen LogP contribution in [0.15, 0.2) is 18.2 Å². The van der Waals surface area contributed by atoms with Crippen molar-refractivity contribution >= 4 is 0 Å². The molecule has 0 aromatic heterocycles. The lowest BCUT2D eigenvalue weighted by atomic mass is 10.2. The quantitative estimate of drug-likeness (QED) is 0.771. The highest BCUT2D eigenvalue weighted by Gasteiger charge is 2.10. The molecule has 0 saturated carbocycles. The van der Waals surface area contributed by atoms with E-state index in [1.165, 1.54) is 6.07 Å². The van der Waals surface area contributed by atoms with E-state index in [4.69, 9.17) is 9.47 Å². The van der Waals surface area contributed by atoms with Crippen LogP contribution in [0.3, 0.4) is 0 Å². The van der Waals surface area contributed by atoms with E-state index in [0.717, 1.165) is 12.1 Å². The van der Waals surface area contributed by atoms with Gasteiger partial charge < -0.3 is 14.8 Å². The zero-order valence-electron chi connectivity index (χ0n) is 12.3. The fourth-order valence-corrected chi connectivity index (χ4v) is 1.54. The van der Waals surface area contributed by atoms with Crippen LogP contribution in [0.1, 0.15) is 33.3 Å². The summed E-state index contributed by atoms with van der Waals surface area (Å²) in [5.74, 6) is -0.0519. The van der Waals surface area contributed by atoms with Crippen LogP contribution >= 0.6 is 0 Å². The van der Waals surface area contributed by atoms with Gasteiger partial charge in [-0.15, -0.1) is 0 Å². The summed E-state index contributed by atoms with van der Waals surface area (Å²) in [6.07, 6.45) is 0. The Balaban J connectivity index is 2.42. The van der Waals surface area contributed by atoms with Gasteiger partial charge in [-0.25, -0.2) is 4.39 Å². The molecule has 4 heteroatoms. The van der Waals surface area contributed by atoms with Crippen molar-refractivity contribution in [1.29, 1.82) is 0 Å². The molecular weight excluding hydrogens is 245 g/mol. The highest BCUT2D eigenvalue weighted by molar-refractivity contribution is 5.29. The lowest BCUT2D eigenvalue weighted by Gasteiger charge is -2.19. The Hall–Kier alpha value is -1.13. The predicted molar refractivity (Wildman–Crippen MR) is 75.0 cm³/mol. The standard InChI is InChI=1S/C15H24FNO2/c1-5-17-11-12-6-7-14(13(16)10-12)18-8-9-19-15(2,3)4/h6-7,10,17H,5,8-9,11H2,1-4H3. The smallest absolute Gasteiger partial charge is 0.165 e. The second kappa shape index (κ2) is 7.46. The van der Waals surface area contributed by atoms with Crippen LogP contribution in [0.4, 0.5) is 4.39 Å². The summed E-state index contributed by atoms with van der Waals surface area (Å²) in [4.78, 5) is 0. The van der Waals surface area contributed by atoms with Crippen molar-refractivity contribution < 1.29 is 13.9 Å². The molecule has 0 atom stereocenters. The molecule has 0 amide bonds. The Kier molecular flexibility index (Phi) is 6.25. The molecule has 0 spiro atoms. The summed E-state index contributed by atoms with van der Waals surface area (Å²) in [5.41, 5.74) is 0.718. The summed E-state index contributed by atoms with van der Waals surface area (Å²) >= 11 is 0. The lowest BCUT2D eigenvalue weighted by molar-refractivity contribution is -0.0166. The van der Waals surface area contributed by atoms with Crippen molar-refractivity contribution in [2.24, 2.45) is 0 Å². The number of rotatable bonds is 7. The number of hydrogen-bond acceptors (Lipinski definition) is 3. The molecule has 3 nitrogen and oxygen atoms in total. The maximum atomic E-state index is 13.7. The second-order valence-electron chi connectivity index (χ2n) is 5.35. The van der Waals surface area contributed by atoms with Gasteiger partial charge in [-0.2, -0.15) is 0 Å². The van der Waals surface area contributed by atoms with E-state index >= 15 is 0 Å². The molecule has 0 aliphatic rings. The van der Waals surface area contributed by atoms with Gasteiger partial charge in [-0.3, -0.25) is 0 Å². The molecule has 0 bridgehead atoms. The molecule has 1 rings (SSSR count). The first-order valence-corrected chi connectivity index (χ1v) is 6.68. The summed E-state index contributed by atoms with van der Waals surface area (Å²) in [6.45, 7) is 10.3. The van der Waals surface area contributed by atoms with Gasteiger partial charge in [-0.1, -0.05) is 13.0 Å². The highest BCUT2D eigenvalue weighted by atomic mass is 19.1. The third-order valence-electron chi connectivity index (χ3n) is 2.45. The van der Waals surface area contributed by atoms with Crippen LogP contribution in [-0.4, -0.2) is 25.4 Å². The van der Waals surface area contributed by atoms with Crippen molar-refractivity contribution in [3.05, 3.63) is 29.6 Å². The van der Waals surface area contributed by atoms with Crippen LogP contribution in [0.5, 0.6) is 5.75 Å². The maximum absolute atomic E-state index is 13.7. The Bertz CT molecular complexity index is 388. The molecule has 0 aliphatic carbocycles. The van der Waals surface area contributed by atoms with E-state index in [-0.39, 0.29) is 17.2 Å². The monoisotopic (exact) mass is 269 g/mol. The third-order valence-corrected chi connectivity index (χ3v) is 2.45. The minimum absolute atomic E-state index is 0.197. The van der Waals surface area contributed by atoms with Gasteiger partial charge in [0.1, 0.15) is 6.61 Å². The minimum atomic E-state index is -0.328. The molecule has 0 saturated heterocycles. The van der Waals surface area contributed by atoms with E-state index in [9.17, 15) is 4.39 Å². The van der Waals surface area contributed by atoms with Gasteiger partial charge in [0.05, 0.1) is 12.2 Å². The summed E-state index contributed by atoms with van der Waals surface area (Å²) in [6, 6.07) is 5.04. The molecule has 1 aromatic carbocycles. The third kappa shape index (κ3) is 6.55. The number of benzene rings is 1. The van der Waals surface area contributed by atoms with Gasteiger partial charge in [0, 0.05) is 6.54 Å². The first-order chi connectivity index (χ1) is 8.92. The summed E-state index contributed by atoms with van der Waals surface area (Å²) in [7, 11) is 0. The largest absolute Gasteiger partial charge is 0.488 e. The normalized spacial score (nSPS) is 11.6. The maximum Gasteiger partial charge on any atom is 0.165 e. The zero-order valence-corrected chi connectivity index (χ0v) is 12.3. The molecule has 0 radical (unpaired) electrons. The van der Waals surface area contributed by atoms with Crippen molar-refractivity contribution in [1.82, 2.24) is 5.32 Å². The Morgan fingerprint density at radius 2 is 1.95 bits per heavy atom. The molecule has 108 valence electrons. The van der Waals surface area contributed by atoms with Gasteiger partial charge >= 0.3 is 0 Å². The van der Waals surface area contributed by atoms with E-state index in [1.807, 2.05) is 33.8 Å². The van der Waals surface area contributed by atoms with Crippen molar-refractivity contribution in [2.75, 3.05) is 19.8 Å². The van der Waals surface area contributed by atoms with Gasteiger partial charge in [-0.05, 0) is 45.0 Å². The number of halogens is 1. The Morgan fingerprint density at radius 1 is 1.21 bits per heavy atom. The van der Waals surface area contributed by atoms with E-state index in [1.54, 1.807) is 6.07 Å². The lowest BCUT2D eigenvalue weighted by Crippen LogP contribution is -2.22. The summed E-state index contributed by atoms with van der Waals surface area (Å²) < 4.78 is 24.6. The van der Waals surface area contributed by atoms with Gasteiger partial charge in [0.15, 0.2) is 11.6 Å². The highest BCUT2D eigenvalue weighted by Crippen LogP contribution is 2.18. The van der Waals surface area contributed by atoms with Crippen molar-refractivity contribution in [3.8, 4) is 5.75 Å². The van der Waals surface area contributed by atoms with Crippen molar-refractivity contribution in [2.45, 2.75) is 39.8 Å². The van der Waals surface area contributed by atoms with Crippen LogP contribution in [0, 0.1) is 5.82 Å². The molecule has 1 N–H and O–H groups in total. The molecule has 0 heterocycles. The fraction of sp³-hybridized carbons (Fsp3) is 0.600. The molecule has 1 aromatic rings. The van der Waals surface area contributed by atoms with E-state index in [0.29, 0.717) is 19.8 Å². The molecule has 0 aliphatic heterocycles. The van der Waals surface area contributed by atoms with E-state index in [2.05, 4.69) is 5.32 Å². The first-order valence-electron chi connectivity index (χ1n) is 6.68. The number of nitrogens with one attached hydrogen (secondary N) is 1. The van der Waals surface area contributed by atoms with Crippen LogP contribution < -0.4 is 10.1 Å². The van der Waals surface area contributed by atoms with Crippen LogP contribution in [0.2, 0.25) is 0 Å². The fourth-order valence-electron chi connectivity index (χ4n) is 1.54. The second-order valence-corrected chi connectivity index (χ2v) is 5.35. The van der Waals surface area contributed by atoms with Gasteiger partial charge in [0.2, 0.25) is 0 Å². The van der Waals surface area contributed by atoms with Crippen LogP contribution in [0.25, 0.3) is 0 Å². The van der Waals surface area contributed by atoms with Gasteiger partial charge in [0.25, 0.3) is 0 Å². The summed E-state index contributed by atoms with van der Waals surface area (Å²) in [5, 5.41) is 3.15. The molecule has 19 heavy (non-hydrogen) atoms. The first kappa shape index (κ1) is 15.9. The predicted octanol–water partition coefficient (Wildman–Crippen LogP) is 3.13. The molecular formula is C15H24FNO2. The number of ether oxygens (including phenoxy) is 2. The minimum Gasteiger partial charge on any atom is -0.488 e. The average molecular weight is 269 g/mol. The van der Waals surface area contributed by atoms with Crippen molar-refractivity contribution in [3.63, 3.8) is 0 Å². The van der Waals surface area contributed by atoms with Crippen LogP contribution in [-0.2, 0) is 11.3 Å². The average Bonchev–Trinajstić information content (AvgIpc) is 2.32. The Labute approximate surface area is 115 Å². The number of hydrogen-bond donors (Lipinski definition) is 1. The molecule has 0 unspecified atom stereocenters. The molecule has 0 fully saturated rings. The SMILES string of the molecule is CCNCc1ccc(OCCOC(C)(C)C)c(F)c1. The topological polar surface area (TPSA) is 30.5 Å².